The Hall–Kier alpha value is -1.65. The molecule has 5 nitrogen and oxygen atoms in total. The van der Waals surface area contributed by atoms with Crippen LogP contribution < -0.4 is 0 Å². The first-order valence-electron chi connectivity index (χ1n) is 3.76. The SMILES string of the molecule is [N-]=[N+]=Nc1ccnc2cc(Br)cnc12. The van der Waals surface area contributed by atoms with Crippen LogP contribution in [0.25, 0.3) is 21.5 Å². The van der Waals surface area contributed by atoms with Crippen LogP contribution in [0.3, 0.4) is 0 Å². The summed E-state index contributed by atoms with van der Waals surface area (Å²) in [6.45, 7) is 0. The van der Waals surface area contributed by atoms with Crippen LogP contribution in [-0.2, 0) is 0 Å². The zero-order chi connectivity index (χ0) is 9.97. The van der Waals surface area contributed by atoms with E-state index in [-0.39, 0.29) is 0 Å². The summed E-state index contributed by atoms with van der Waals surface area (Å²) in [7, 11) is 0. The van der Waals surface area contributed by atoms with Crippen molar-refractivity contribution in [1.82, 2.24) is 9.97 Å². The van der Waals surface area contributed by atoms with Gasteiger partial charge in [0.05, 0.1) is 16.7 Å². The first-order valence-corrected chi connectivity index (χ1v) is 4.56. The lowest BCUT2D eigenvalue weighted by atomic mass is 10.3. The number of rotatable bonds is 1. The molecule has 6 heteroatoms. The molecular weight excluding hydrogens is 246 g/mol. The highest BCUT2D eigenvalue weighted by Crippen LogP contribution is 2.24. The molecule has 0 N–H and O–H groups in total. The largest absolute Gasteiger partial charge is 0.255 e. The second-order valence-electron chi connectivity index (χ2n) is 2.54. The van der Waals surface area contributed by atoms with Crippen molar-refractivity contribution < 1.29 is 0 Å². The summed E-state index contributed by atoms with van der Waals surface area (Å²) >= 11 is 3.29. The molecule has 0 saturated heterocycles. The summed E-state index contributed by atoms with van der Waals surface area (Å²) in [5.41, 5.74) is 10.1. The molecule has 2 aromatic heterocycles. The Balaban J connectivity index is 2.81. The molecule has 0 saturated carbocycles. The predicted octanol–water partition coefficient (Wildman–Crippen LogP) is 3.33. The third-order valence-electron chi connectivity index (χ3n) is 1.68. The Labute approximate surface area is 87.6 Å². The number of hydrogen-bond acceptors (Lipinski definition) is 3. The molecule has 2 aromatic rings. The third kappa shape index (κ3) is 1.53. The highest BCUT2D eigenvalue weighted by Gasteiger charge is 2.01. The van der Waals surface area contributed by atoms with Crippen LogP contribution in [0, 0.1) is 0 Å². The minimum atomic E-state index is 0.491. The second-order valence-corrected chi connectivity index (χ2v) is 3.46. The first kappa shape index (κ1) is 8.93. The topological polar surface area (TPSA) is 74.5 Å². The maximum atomic E-state index is 8.33. The van der Waals surface area contributed by atoms with Gasteiger partial charge in [-0.1, -0.05) is 5.11 Å². The Morgan fingerprint density at radius 2 is 2.29 bits per heavy atom. The van der Waals surface area contributed by atoms with Crippen molar-refractivity contribution in [3.63, 3.8) is 0 Å². The van der Waals surface area contributed by atoms with E-state index in [1.165, 1.54) is 0 Å². The van der Waals surface area contributed by atoms with E-state index in [2.05, 4.69) is 35.9 Å². The Morgan fingerprint density at radius 1 is 1.43 bits per heavy atom. The average Bonchev–Trinajstić information content (AvgIpc) is 2.18. The maximum absolute atomic E-state index is 8.33. The highest BCUT2D eigenvalue weighted by atomic mass is 79.9. The van der Waals surface area contributed by atoms with E-state index >= 15 is 0 Å². The fourth-order valence-electron chi connectivity index (χ4n) is 1.12. The molecule has 14 heavy (non-hydrogen) atoms. The molecule has 0 aliphatic heterocycles. The normalized spacial score (nSPS) is 9.79. The quantitative estimate of drug-likeness (QED) is 0.442. The molecule has 0 spiro atoms. The Kier molecular flexibility index (Phi) is 2.30. The van der Waals surface area contributed by atoms with Gasteiger partial charge in [0.25, 0.3) is 0 Å². The summed E-state index contributed by atoms with van der Waals surface area (Å²) in [5.74, 6) is 0. The maximum Gasteiger partial charge on any atom is 0.0983 e. The number of aromatic nitrogens is 2. The Morgan fingerprint density at radius 3 is 3.07 bits per heavy atom. The smallest absolute Gasteiger partial charge is 0.0983 e. The van der Waals surface area contributed by atoms with Gasteiger partial charge in [-0.2, -0.15) is 0 Å². The molecule has 0 radical (unpaired) electrons. The van der Waals surface area contributed by atoms with Gasteiger partial charge in [-0.3, -0.25) is 9.97 Å². The standard InChI is InChI=1S/C8H4BrN5/c9-5-3-7-8(12-4-5)6(13-14-10)1-2-11-7/h1-4H. The summed E-state index contributed by atoms with van der Waals surface area (Å²) < 4.78 is 0.843. The van der Waals surface area contributed by atoms with E-state index in [9.17, 15) is 0 Å². The van der Waals surface area contributed by atoms with Gasteiger partial charge in [-0.05, 0) is 33.6 Å². The number of nitrogens with zero attached hydrogens (tertiary/aromatic N) is 5. The predicted molar refractivity (Wildman–Crippen MR) is 56.0 cm³/mol. The number of hydrogen-bond donors (Lipinski definition) is 0. The van der Waals surface area contributed by atoms with Gasteiger partial charge in [0, 0.05) is 21.8 Å². The van der Waals surface area contributed by atoms with Gasteiger partial charge >= 0.3 is 0 Å². The van der Waals surface area contributed by atoms with Crippen molar-refractivity contribution in [3.05, 3.63) is 39.4 Å². The zero-order valence-corrected chi connectivity index (χ0v) is 8.51. The molecule has 0 fully saturated rings. The van der Waals surface area contributed by atoms with Crippen LogP contribution in [0.4, 0.5) is 5.69 Å². The monoisotopic (exact) mass is 249 g/mol. The number of halogens is 1. The van der Waals surface area contributed by atoms with Gasteiger partial charge in [0.1, 0.15) is 0 Å². The van der Waals surface area contributed by atoms with Crippen molar-refractivity contribution >= 4 is 32.7 Å². The van der Waals surface area contributed by atoms with E-state index < -0.39 is 0 Å². The van der Waals surface area contributed by atoms with Crippen LogP contribution >= 0.6 is 15.9 Å². The minimum absolute atomic E-state index is 0.491. The minimum Gasteiger partial charge on any atom is -0.255 e. The summed E-state index contributed by atoms with van der Waals surface area (Å²) in [6.07, 6.45) is 3.22. The fraction of sp³-hybridized carbons (Fsp3) is 0. The van der Waals surface area contributed by atoms with Crippen LogP contribution in [-0.4, -0.2) is 9.97 Å². The van der Waals surface area contributed by atoms with Crippen molar-refractivity contribution in [2.24, 2.45) is 5.11 Å². The third-order valence-corrected chi connectivity index (χ3v) is 2.11. The van der Waals surface area contributed by atoms with E-state index in [0.29, 0.717) is 16.7 Å². The van der Waals surface area contributed by atoms with Gasteiger partial charge in [-0.25, -0.2) is 0 Å². The molecule has 68 valence electrons. The molecule has 2 rings (SSSR count). The molecular formula is C8H4BrN5. The molecule has 2 heterocycles. The van der Waals surface area contributed by atoms with Crippen LogP contribution in [0.5, 0.6) is 0 Å². The van der Waals surface area contributed by atoms with E-state index in [0.717, 1.165) is 4.47 Å². The van der Waals surface area contributed by atoms with Crippen molar-refractivity contribution in [2.75, 3.05) is 0 Å². The van der Waals surface area contributed by atoms with E-state index in [1.807, 2.05) is 6.07 Å². The van der Waals surface area contributed by atoms with Crippen molar-refractivity contribution in [2.45, 2.75) is 0 Å². The average molecular weight is 250 g/mol. The number of fused-ring (bicyclic) bond motifs is 1. The van der Waals surface area contributed by atoms with Gasteiger partial charge in [0.2, 0.25) is 0 Å². The van der Waals surface area contributed by atoms with Crippen molar-refractivity contribution in [3.8, 4) is 0 Å². The van der Waals surface area contributed by atoms with Crippen LogP contribution in [0.15, 0.2) is 34.1 Å². The number of pyridine rings is 2. The van der Waals surface area contributed by atoms with E-state index in [4.69, 9.17) is 5.53 Å². The lowest BCUT2D eigenvalue weighted by Crippen LogP contribution is -1.82. The molecule has 0 aromatic carbocycles. The molecule has 0 bridgehead atoms. The lowest BCUT2D eigenvalue weighted by Gasteiger charge is -1.98. The summed E-state index contributed by atoms with van der Waals surface area (Å²) in [4.78, 5) is 11.0. The van der Waals surface area contributed by atoms with Gasteiger partial charge in [-0.15, -0.1) is 0 Å². The lowest BCUT2D eigenvalue weighted by molar-refractivity contribution is 1.30. The fourth-order valence-corrected chi connectivity index (χ4v) is 1.44. The molecule has 0 aliphatic carbocycles. The summed E-state index contributed by atoms with van der Waals surface area (Å²) in [6, 6.07) is 3.45. The van der Waals surface area contributed by atoms with Crippen LogP contribution in [0.2, 0.25) is 0 Å². The summed E-state index contributed by atoms with van der Waals surface area (Å²) in [5, 5.41) is 3.53. The Bertz CT molecular complexity index is 532. The molecule has 0 aliphatic rings. The number of azide groups is 1. The van der Waals surface area contributed by atoms with Crippen LogP contribution in [0.1, 0.15) is 0 Å². The van der Waals surface area contributed by atoms with E-state index in [1.54, 1.807) is 18.5 Å². The molecule has 0 amide bonds. The van der Waals surface area contributed by atoms with Gasteiger partial charge in [0.15, 0.2) is 0 Å². The second kappa shape index (κ2) is 3.61. The molecule has 0 unspecified atom stereocenters. The highest BCUT2D eigenvalue weighted by molar-refractivity contribution is 9.10. The zero-order valence-electron chi connectivity index (χ0n) is 6.92. The molecule has 0 atom stereocenters. The van der Waals surface area contributed by atoms with Crippen molar-refractivity contribution in [1.29, 1.82) is 0 Å². The van der Waals surface area contributed by atoms with Gasteiger partial charge < -0.3 is 0 Å². The first-order chi connectivity index (χ1) is 6.81.